The molecule has 0 aliphatic rings. The van der Waals surface area contributed by atoms with E-state index in [-0.39, 0.29) is 13.3 Å². The van der Waals surface area contributed by atoms with Crippen LogP contribution in [0.15, 0.2) is 12.7 Å². The number of hydrogen-bond acceptors (Lipinski definition) is 5. The molecule has 0 unspecified atom stereocenters. The van der Waals surface area contributed by atoms with Crippen molar-refractivity contribution in [2.75, 3.05) is 13.3 Å². The lowest BCUT2D eigenvalue weighted by Crippen LogP contribution is -2.02. The normalized spacial score (nSPS) is 9.73. The molecule has 0 aromatic heterocycles. The Hall–Kier alpha value is -0.470. The van der Waals surface area contributed by atoms with Crippen molar-refractivity contribution >= 4 is 10.4 Å². The lowest BCUT2D eigenvalue weighted by atomic mass is 10.7. The van der Waals surface area contributed by atoms with E-state index in [9.17, 15) is 8.42 Å². The second-order valence-electron chi connectivity index (χ2n) is 1.18. The minimum Gasteiger partial charge on any atom is -0.382 e. The van der Waals surface area contributed by atoms with E-state index in [4.69, 9.17) is 9.66 Å². The van der Waals surface area contributed by atoms with Crippen LogP contribution in [0.2, 0.25) is 0 Å². The zero-order valence-electron chi connectivity index (χ0n) is 5.80. The van der Waals surface area contributed by atoms with Crippen LogP contribution in [-0.2, 0) is 14.6 Å². The SMILES string of the molecule is C=CCOS(=O)(=O)O.NCO. The highest BCUT2D eigenvalue weighted by Gasteiger charge is 1.99. The highest BCUT2D eigenvalue weighted by molar-refractivity contribution is 7.80. The first-order chi connectivity index (χ1) is 4.97. The molecule has 0 aromatic carbocycles. The van der Waals surface area contributed by atoms with Gasteiger partial charge in [-0.25, -0.2) is 4.18 Å². The van der Waals surface area contributed by atoms with E-state index >= 15 is 0 Å². The van der Waals surface area contributed by atoms with Gasteiger partial charge in [0.25, 0.3) is 0 Å². The molecule has 4 N–H and O–H groups in total. The largest absolute Gasteiger partial charge is 0.397 e. The molecule has 0 bridgehead atoms. The molecule has 0 rings (SSSR count). The van der Waals surface area contributed by atoms with Crippen LogP contribution in [0, 0.1) is 0 Å². The third-order valence-electron chi connectivity index (χ3n) is 0.335. The topological polar surface area (TPSA) is 110 Å². The van der Waals surface area contributed by atoms with Crippen molar-refractivity contribution in [2.45, 2.75) is 0 Å². The predicted molar refractivity (Wildman–Crippen MR) is 39.0 cm³/mol. The molecule has 0 fully saturated rings. The Bertz CT molecular complexity index is 175. The summed E-state index contributed by atoms with van der Waals surface area (Å²) in [7, 11) is -4.26. The second-order valence-corrected chi connectivity index (χ2v) is 2.27. The first kappa shape index (κ1) is 13.1. The molecule has 0 saturated heterocycles. The minimum atomic E-state index is -4.26. The molecule has 0 radical (unpaired) electrons. The smallest absolute Gasteiger partial charge is 0.382 e. The van der Waals surface area contributed by atoms with Gasteiger partial charge in [-0.15, -0.1) is 6.58 Å². The monoisotopic (exact) mass is 185 g/mol. The van der Waals surface area contributed by atoms with E-state index in [0.717, 1.165) is 0 Å². The van der Waals surface area contributed by atoms with E-state index in [0.29, 0.717) is 0 Å². The van der Waals surface area contributed by atoms with Crippen LogP contribution in [0.25, 0.3) is 0 Å². The Morgan fingerprint density at radius 3 is 2.09 bits per heavy atom. The molecular weight excluding hydrogens is 174 g/mol. The van der Waals surface area contributed by atoms with E-state index in [1.54, 1.807) is 0 Å². The van der Waals surface area contributed by atoms with Crippen LogP contribution in [0.4, 0.5) is 0 Å². The summed E-state index contributed by atoms with van der Waals surface area (Å²) in [6, 6.07) is 0. The summed E-state index contributed by atoms with van der Waals surface area (Å²) >= 11 is 0. The van der Waals surface area contributed by atoms with Gasteiger partial charge in [0.2, 0.25) is 0 Å². The summed E-state index contributed by atoms with van der Waals surface area (Å²) in [6.45, 7) is 2.72. The zero-order chi connectivity index (χ0) is 9.33. The molecule has 0 spiro atoms. The zero-order valence-corrected chi connectivity index (χ0v) is 6.62. The highest BCUT2D eigenvalue weighted by atomic mass is 32.3. The summed E-state index contributed by atoms with van der Waals surface area (Å²) in [5.74, 6) is 0. The van der Waals surface area contributed by atoms with Crippen LogP contribution >= 0.6 is 0 Å². The van der Waals surface area contributed by atoms with Gasteiger partial charge in [-0.2, -0.15) is 8.42 Å². The summed E-state index contributed by atoms with van der Waals surface area (Å²) in [5, 5.41) is 7.35. The number of aliphatic hydroxyl groups is 1. The molecule has 68 valence electrons. The van der Waals surface area contributed by atoms with E-state index < -0.39 is 10.4 Å². The molecule has 0 amide bonds. The van der Waals surface area contributed by atoms with E-state index in [1.165, 1.54) is 6.08 Å². The Morgan fingerprint density at radius 2 is 2.00 bits per heavy atom. The van der Waals surface area contributed by atoms with Gasteiger partial charge in [0.15, 0.2) is 0 Å². The van der Waals surface area contributed by atoms with Crippen molar-refractivity contribution in [1.29, 1.82) is 0 Å². The van der Waals surface area contributed by atoms with Crippen molar-refractivity contribution in [2.24, 2.45) is 5.73 Å². The molecule has 6 nitrogen and oxygen atoms in total. The number of hydrogen-bond donors (Lipinski definition) is 3. The lowest BCUT2D eigenvalue weighted by molar-refractivity contribution is 0.296. The van der Waals surface area contributed by atoms with Gasteiger partial charge >= 0.3 is 10.4 Å². The fraction of sp³-hybridized carbons (Fsp3) is 0.500. The second kappa shape index (κ2) is 7.63. The Balaban J connectivity index is 0. The fourth-order valence-electron chi connectivity index (χ4n) is 0.134. The maximum atomic E-state index is 9.68. The van der Waals surface area contributed by atoms with Crippen LogP contribution in [0.1, 0.15) is 0 Å². The average Bonchev–Trinajstić information content (AvgIpc) is 1.84. The van der Waals surface area contributed by atoms with Crippen molar-refractivity contribution < 1.29 is 22.3 Å². The Labute approximate surface area is 65.2 Å². The Kier molecular flexibility index (Phi) is 9.12. The van der Waals surface area contributed by atoms with Crippen LogP contribution in [-0.4, -0.2) is 31.4 Å². The third-order valence-corrected chi connectivity index (χ3v) is 0.769. The number of aliphatic hydroxyl groups excluding tert-OH is 1. The average molecular weight is 185 g/mol. The quantitative estimate of drug-likeness (QED) is 0.292. The first-order valence-corrected chi connectivity index (χ1v) is 3.88. The maximum absolute atomic E-state index is 9.68. The molecular formula is C4H11NO5S. The molecule has 11 heavy (non-hydrogen) atoms. The van der Waals surface area contributed by atoms with Crippen LogP contribution in [0.5, 0.6) is 0 Å². The van der Waals surface area contributed by atoms with Gasteiger partial charge in [0, 0.05) is 0 Å². The molecule has 0 aliphatic heterocycles. The van der Waals surface area contributed by atoms with Crippen molar-refractivity contribution in [3.8, 4) is 0 Å². The molecule has 0 heterocycles. The molecule has 7 heteroatoms. The molecule has 0 saturated carbocycles. The van der Waals surface area contributed by atoms with Gasteiger partial charge in [0.1, 0.15) is 0 Å². The number of rotatable bonds is 3. The standard InChI is InChI=1S/C3H6O4S.CH5NO/c1-2-3-7-8(4,5)6;2-1-3/h2H,1,3H2,(H,4,5,6);3H,1-2H2. The van der Waals surface area contributed by atoms with E-state index in [2.05, 4.69) is 16.5 Å². The van der Waals surface area contributed by atoms with Gasteiger partial charge in [-0.1, -0.05) is 6.08 Å². The minimum absolute atomic E-state index is 0.196. The highest BCUT2D eigenvalue weighted by Crippen LogP contribution is 1.83. The number of nitrogens with two attached hydrogens (primary N) is 1. The van der Waals surface area contributed by atoms with Crippen LogP contribution in [0.3, 0.4) is 0 Å². The molecule has 0 atom stereocenters. The van der Waals surface area contributed by atoms with E-state index in [1.807, 2.05) is 0 Å². The molecule has 0 aliphatic carbocycles. The first-order valence-electron chi connectivity index (χ1n) is 2.51. The third kappa shape index (κ3) is 26.3. The molecule has 0 aromatic rings. The Morgan fingerprint density at radius 1 is 1.64 bits per heavy atom. The summed E-state index contributed by atoms with van der Waals surface area (Å²) in [6.07, 6.45) is 1.22. The van der Waals surface area contributed by atoms with Gasteiger partial charge in [-0.3, -0.25) is 4.55 Å². The lowest BCUT2D eigenvalue weighted by Gasteiger charge is -1.90. The van der Waals surface area contributed by atoms with Gasteiger partial charge in [-0.05, 0) is 0 Å². The van der Waals surface area contributed by atoms with Gasteiger partial charge < -0.3 is 10.8 Å². The van der Waals surface area contributed by atoms with Crippen molar-refractivity contribution in [3.05, 3.63) is 12.7 Å². The van der Waals surface area contributed by atoms with Crippen molar-refractivity contribution in [1.82, 2.24) is 0 Å². The fourth-order valence-corrected chi connectivity index (χ4v) is 0.402. The summed E-state index contributed by atoms with van der Waals surface area (Å²) in [5.41, 5.74) is 4.40. The van der Waals surface area contributed by atoms with Crippen molar-refractivity contribution in [3.63, 3.8) is 0 Å². The van der Waals surface area contributed by atoms with Gasteiger partial charge in [0.05, 0.1) is 13.3 Å². The summed E-state index contributed by atoms with van der Waals surface area (Å²) in [4.78, 5) is 0. The predicted octanol–water partition coefficient (Wildman–Crippen LogP) is -1.11. The summed E-state index contributed by atoms with van der Waals surface area (Å²) < 4.78 is 31.0. The maximum Gasteiger partial charge on any atom is 0.397 e. The van der Waals surface area contributed by atoms with Crippen LogP contribution < -0.4 is 5.73 Å².